The van der Waals surface area contributed by atoms with E-state index in [1.807, 2.05) is 5.48 Å². The lowest BCUT2D eigenvalue weighted by molar-refractivity contribution is -0.162. The molecule has 1 fully saturated rings. The predicted molar refractivity (Wildman–Crippen MR) is 53.9 cm³/mol. The Bertz CT molecular complexity index is 313. The lowest BCUT2D eigenvalue weighted by Crippen LogP contribution is -2.43. The molecule has 0 unspecified atom stereocenters. The smallest absolute Gasteiger partial charge is 0.341 e. The summed E-state index contributed by atoms with van der Waals surface area (Å²) in [6.45, 7) is 0.706. The van der Waals surface area contributed by atoms with Crippen LogP contribution in [0.2, 0.25) is 0 Å². The van der Waals surface area contributed by atoms with E-state index in [9.17, 15) is 14.4 Å². The molecule has 0 spiro atoms. The number of carboxylic acid groups (broad SMARTS) is 2. The van der Waals surface area contributed by atoms with Crippen molar-refractivity contribution >= 4 is 17.9 Å². The Balaban J connectivity index is 2.37. The number of rotatable bonds is 6. The molecule has 1 saturated heterocycles. The van der Waals surface area contributed by atoms with Crippen molar-refractivity contribution in [1.82, 2.24) is 10.8 Å². The molecule has 0 bridgehead atoms. The average Bonchev–Trinajstić information content (AvgIpc) is 2.76. The number of carboxylic acids is 2. The van der Waals surface area contributed by atoms with Crippen molar-refractivity contribution in [2.75, 3.05) is 6.54 Å². The van der Waals surface area contributed by atoms with Crippen LogP contribution in [0, 0.1) is 0 Å². The summed E-state index contributed by atoms with van der Waals surface area (Å²) in [5, 5.41) is 20.0. The first-order chi connectivity index (χ1) is 8.00. The van der Waals surface area contributed by atoms with Gasteiger partial charge in [0.1, 0.15) is 6.04 Å². The van der Waals surface area contributed by atoms with Gasteiger partial charge in [0, 0.05) is 0 Å². The molecular weight excluding hydrogens is 232 g/mol. The molecule has 2 atom stereocenters. The van der Waals surface area contributed by atoms with E-state index in [1.165, 1.54) is 0 Å². The Morgan fingerprint density at radius 2 is 2.12 bits per heavy atom. The second kappa shape index (κ2) is 6.16. The van der Waals surface area contributed by atoms with Crippen LogP contribution in [0.5, 0.6) is 0 Å². The Morgan fingerprint density at radius 1 is 1.41 bits per heavy atom. The summed E-state index contributed by atoms with van der Waals surface area (Å²) in [7, 11) is 0. The molecule has 8 heteroatoms. The van der Waals surface area contributed by atoms with Crippen LogP contribution in [0.3, 0.4) is 0 Å². The topological polar surface area (TPSA) is 125 Å². The predicted octanol–water partition coefficient (Wildman–Crippen LogP) is -1.29. The molecule has 96 valence electrons. The molecular formula is C9H14N2O6. The third kappa shape index (κ3) is 4.37. The summed E-state index contributed by atoms with van der Waals surface area (Å²) in [6.07, 6.45) is 0.801. The number of hydroxylamine groups is 1. The van der Waals surface area contributed by atoms with Crippen molar-refractivity contribution in [1.29, 1.82) is 0 Å². The zero-order chi connectivity index (χ0) is 12.8. The molecule has 0 radical (unpaired) electrons. The van der Waals surface area contributed by atoms with Gasteiger partial charge in [-0.2, -0.15) is 0 Å². The molecule has 17 heavy (non-hydrogen) atoms. The molecule has 0 saturated carbocycles. The van der Waals surface area contributed by atoms with Crippen LogP contribution >= 0.6 is 0 Å². The summed E-state index contributed by atoms with van der Waals surface area (Å²) in [5.74, 6) is -3.31. The Hall–Kier alpha value is -1.67. The molecule has 8 nitrogen and oxygen atoms in total. The number of nitrogens with one attached hydrogen (secondary N) is 2. The first-order valence-electron chi connectivity index (χ1n) is 5.15. The fraction of sp³-hybridized carbons (Fsp3) is 0.667. The van der Waals surface area contributed by atoms with E-state index in [-0.39, 0.29) is 0 Å². The molecule has 1 rings (SSSR count). The monoisotopic (exact) mass is 246 g/mol. The number of hydrogen-bond donors (Lipinski definition) is 4. The van der Waals surface area contributed by atoms with Gasteiger partial charge in [-0.3, -0.25) is 9.59 Å². The van der Waals surface area contributed by atoms with Crippen LogP contribution in [0.1, 0.15) is 19.3 Å². The lowest BCUT2D eigenvalue weighted by Gasteiger charge is -2.14. The highest BCUT2D eigenvalue weighted by Gasteiger charge is 2.27. The first kappa shape index (κ1) is 13.4. The van der Waals surface area contributed by atoms with Gasteiger partial charge in [0.2, 0.25) is 0 Å². The van der Waals surface area contributed by atoms with Gasteiger partial charge in [-0.15, -0.1) is 5.48 Å². The maximum absolute atomic E-state index is 11.4. The van der Waals surface area contributed by atoms with Gasteiger partial charge in [-0.1, -0.05) is 0 Å². The zero-order valence-electron chi connectivity index (χ0n) is 9.01. The first-order valence-corrected chi connectivity index (χ1v) is 5.15. The van der Waals surface area contributed by atoms with Gasteiger partial charge in [0.15, 0.2) is 6.04 Å². The summed E-state index contributed by atoms with van der Waals surface area (Å²) in [6, 6.07) is -1.90. The highest BCUT2D eigenvalue weighted by Crippen LogP contribution is 2.06. The van der Waals surface area contributed by atoms with Crippen LogP contribution in [-0.4, -0.2) is 46.7 Å². The van der Waals surface area contributed by atoms with Gasteiger partial charge >= 0.3 is 17.9 Å². The Labute approximate surface area is 96.9 Å². The molecule has 0 aromatic heterocycles. The molecule has 1 aliphatic heterocycles. The van der Waals surface area contributed by atoms with Crippen LogP contribution in [0.15, 0.2) is 0 Å². The maximum Gasteiger partial charge on any atom is 0.341 e. The summed E-state index contributed by atoms with van der Waals surface area (Å²) >= 11 is 0. The van der Waals surface area contributed by atoms with E-state index in [2.05, 4.69) is 10.2 Å². The normalized spacial score (nSPS) is 20.8. The Morgan fingerprint density at radius 3 is 2.59 bits per heavy atom. The minimum Gasteiger partial charge on any atom is -0.481 e. The van der Waals surface area contributed by atoms with E-state index < -0.39 is 36.4 Å². The highest BCUT2D eigenvalue weighted by molar-refractivity contribution is 5.81. The SMILES string of the molecule is O=C(O)C[C@H](NOC(=O)[C@@H]1CCCN1)C(=O)O. The highest BCUT2D eigenvalue weighted by atomic mass is 16.7. The zero-order valence-corrected chi connectivity index (χ0v) is 9.01. The van der Waals surface area contributed by atoms with E-state index in [0.29, 0.717) is 13.0 Å². The summed E-state index contributed by atoms with van der Waals surface area (Å²) in [4.78, 5) is 36.9. The largest absolute Gasteiger partial charge is 0.481 e. The second-order valence-electron chi connectivity index (χ2n) is 3.68. The van der Waals surface area contributed by atoms with Gasteiger partial charge in [-0.25, -0.2) is 4.79 Å². The third-order valence-electron chi connectivity index (χ3n) is 2.32. The number of aliphatic carboxylic acids is 2. The number of carbonyl (C=O) groups excluding carboxylic acids is 1. The molecule has 1 aliphatic rings. The van der Waals surface area contributed by atoms with Crippen LogP contribution < -0.4 is 10.8 Å². The standard InChI is InChI=1S/C9H14N2O6/c12-7(13)4-6(8(14)15)11-17-9(16)5-2-1-3-10-5/h5-6,10-11H,1-4H2,(H,12,13)(H,14,15)/t5-,6-/m0/s1. The molecule has 0 amide bonds. The fourth-order valence-electron chi connectivity index (χ4n) is 1.44. The molecule has 4 N–H and O–H groups in total. The van der Waals surface area contributed by atoms with Crippen molar-refractivity contribution in [3.63, 3.8) is 0 Å². The number of hydrogen-bond acceptors (Lipinski definition) is 6. The molecule has 0 aromatic rings. The maximum atomic E-state index is 11.4. The third-order valence-corrected chi connectivity index (χ3v) is 2.32. The molecule has 1 heterocycles. The molecule has 0 aromatic carbocycles. The molecule has 0 aliphatic carbocycles. The van der Waals surface area contributed by atoms with E-state index in [0.717, 1.165) is 6.42 Å². The van der Waals surface area contributed by atoms with Gasteiger partial charge in [0.05, 0.1) is 6.42 Å². The van der Waals surface area contributed by atoms with Gasteiger partial charge in [-0.05, 0) is 19.4 Å². The van der Waals surface area contributed by atoms with Gasteiger partial charge < -0.3 is 20.4 Å². The van der Waals surface area contributed by atoms with E-state index in [4.69, 9.17) is 10.2 Å². The number of carbonyl (C=O) groups is 3. The van der Waals surface area contributed by atoms with Gasteiger partial charge in [0.25, 0.3) is 0 Å². The van der Waals surface area contributed by atoms with Crippen LogP contribution in [0.4, 0.5) is 0 Å². The van der Waals surface area contributed by atoms with Crippen molar-refractivity contribution < 1.29 is 29.4 Å². The van der Waals surface area contributed by atoms with E-state index >= 15 is 0 Å². The van der Waals surface area contributed by atoms with Crippen molar-refractivity contribution in [3.8, 4) is 0 Å². The summed E-state index contributed by atoms with van der Waals surface area (Å²) in [5.41, 5.74) is 1.96. The van der Waals surface area contributed by atoms with E-state index in [1.54, 1.807) is 0 Å². The minimum absolute atomic E-state index is 0.457. The average molecular weight is 246 g/mol. The van der Waals surface area contributed by atoms with Crippen LogP contribution in [0.25, 0.3) is 0 Å². The van der Waals surface area contributed by atoms with Crippen molar-refractivity contribution in [2.24, 2.45) is 0 Å². The van der Waals surface area contributed by atoms with Crippen LogP contribution in [-0.2, 0) is 19.2 Å². The fourth-order valence-corrected chi connectivity index (χ4v) is 1.44. The minimum atomic E-state index is -1.45. The van der Waals surface area contributed by atoms with Crippen molar-refractivity contribution in [3.05, 3.63) is 0 Å². The lowest BCUT2D eigenvalue weighted by atomic mass is 10.2. The second-order valence-corrected chi connectivity index (χ2v) is 3.68. The Kier molecular flexibility index (Phi) is 4.85. The van der Waals surface area contributed by atoms with Crippen molar-refractivity contribution in [2.45, 2.75) is 31.3 Å². The summed E-state index contributed by atoms with van der Waals surface area (Å²) < 4.78 is 0. The quantitative estimate of drug-likeness (QED) is 0.427.